The Morgan fingerprint density at radius 1 is 1.00 bits per heavy atom. The van der Waals surface area contributed by atoms with Crippen molar-refractivity contribution in [3.05, 3.63) is 72.8 Å². The molecular formula is C15H15N5O2S. The Morgan fingerprint density at radius 2 is 1.74 bits per heavy atom. The fourth-order valence-corrected chi connectivity index (χ4v) is 3.34. The van der Waals surface area contributed by atoms with Crippen LogP contribution in [-0.2, 0) is 16.6 Å². The molecule has 0 amide bonds. The molecule has 0 aliphatic carbocycles. The predicted molar refractivity (Wildman–Crippen MR) is 83.8 cm³/mol. The molecule has 3 rings (SSSR count). The summed E-state index contributed by atoms with van der Waals surface area (Å²) in [6.45, 7) is 0.288. The molecule has 2 aromatic heterocycles. The molecule has 0 saturated heterocycles. The maximum absolute atomic E-state index is 12.5. The zero-order valence-electron chi connectivity index (χ0n) is 12.1. The van der Waals surface area contributed by atoms with Gasteiger partial charge in [0.1, 0.15) is 4.90 Å². The average molecular weight is 329 g/mol. The molecule has 118 valence electrons. The van der Waals surface area contributed by atoms with Crippen molar-refractivity contribution in [2.45, 2.75) is 17.5 Å². The Hall–Kier alpha value is -2.58. The van der Waals surface area contributed by atoms with Crippen molar-refractivity contribution in [3.63, 3.8) is 0 Å². The highest BCUT2D eigenvalue weighted by Gasteiger charge is 2.22. The topological polar surface area (TPSA) is 89.8 Å². The average Bonchev–Trinajstić information content (AvgIpc) is 3.09. The quantitative estimate of drug-likeness (QED) is 0.738. The van der Waals surface area contributed by atoms with E-state index in [2.05, 4.69) is 19.9 Å². The van der Waals surface area contributed by atoms with E-state index in [0.717, 1.165) is 5.56 Å². The molecule has 8 heteroatoms. The van der Waals surface area contributed by atoms with Gasteiger partial charge in [0.05, 0.1) is 25.0 Å². The number of nitrogens with one attached hydrogen (secondary N) is 1. The molecule has 0 aliphatic rings. The van der Waals surface area contributed by atoms with Gasteiger partial charge in [0, 0.05) is 12.4 Å². The molecule has 7 nitrogen and oxygen atoms in total. The van der Waals surface area contributed by atoms with Crippen LogP contribution in [0.5, 0.6) is 0 Å². The molecule has 0 spiro atoms. The van der Waals surface area contributed by atoms with Crippen molar-refractivity contribution < 1.29 is 8.42 Å². The van der Waals surface area contributed by atoms with E-state index in [1.54, 1.807) is 18.5 Å². The number of pyridine rings is 1. The van der Waals surface area contributed by atoms with Crippen molar-refractivity contribution in [1.29, 1.82) is 0 Å². The maximum Gasteiger partial charge on any atom is 0.242 e. The Bertz CT molecular complexity index is 836. The lowest BCUT2D eigenvalue weighted by Gasteiger charge is -2.18. The summed E-state index contributed by atoms with van der Waals surface area (Å²) in [5.74, 6) is 0. The van der Waals surface area contributed by atoms with Gasteiger partial charge in [0.25, 0.3) is 0 Å². The summed E-state index contributed by atoms with van der Waals surface area (Å²) in [5, 5.41) is 8.09. The van der Waals surface area contributed by atoms with Gasteiger partial charge in [-0.25, -0.2) is 13.1 Å². The second kappa shape index (κ2) is 6.67. The van der Waals surface area contributed by atoms with Crippen LogP contribution < -0.4 is 4.72 Å². The lowest BCUT2D eigenvalue weighted by Crippen LogP contribution is -2.32. The highest BCUT2D eigenvalue weighted by molar-refractivity contribution is 7.89. The third-order valence-electron chi connectivity index (χ3n) is 3.26. The molecule has 1 atom stereocenters. The Kier molecular flexibility index (Phi) is 4.45. The van der Waals surface area contributed by atoms with Crippen LogP contribution in [0.15, 0.2) is 72.1 Å². The Morgan fingerprint density at radius 3 is 2.39 bits per heavy atom. The first-order valence-corrected chi connectivity index (χ1v) is 8.45. The van der Waals surface area contributed by atoms with E-state index in [1.807, 2.05) is 30.3 Å². The summed E-state index contributed by atoms with van der Waals surface area (Å²) in [5.41, 5.74) is 0.831. The predicted octanol–water partition coefficient (Wildman–Crippen LogP) is 1.39. The Balaban J connectivity index is 1.90. The van der Waals surface area contributed by atoms with Crippen LogP contribution in [0.3, 0.4) is 0 Å². The van der Waals surface area contributed by atoms with Crippen LogP contribution in [0.4, 0.5) is 0 Å². The first kappa shape index (κ1) is 15.3. The highest BCUT2D eigenvalue weighted by Crippen LogP contribution is 2.18. The van der Waals surface area contributed by atoms with Crippen LogP contribution in [0.25, 0.3) is 0 Å². The number of hydrogen-bond acceptors (Lipinski definition) is 5. The minimum absolute atomic E-state index is 0.120. The van der Waals surface area contributed by atoms with Gasteiger partial charge < -0.3 is 0 Å². The second-order valence-corrected chi connectivity index (χ2v) is 6.57. The van der Waals surface area contributed by atoms with Crippen LogP contribution in [-0.4, -0.2) is 28.4 Å². The van der Waals surface area contributed by atoms with Crippen molar-refractivity contribution in [1.82, 2.24) is 24.7 Å². The molecule has 0 radical (unpaired) electrons. The van der Waals surface area contributed by atoms with Gasteiger partial charge in [-0.1, -0.05) is 30.3 Å². The fourth-order valence-electron chi connectivity index (χ4n) is 2.16. The number of rotatable bonds is 6. The molecule has 1 N–H and O–H groups in total. The SMILES string of the molecule is O=S(=O)(N[C@H](Cn1nccn1)c1ccccc1)c1cccnc1. The van der Waals surface area contributed by atoms with Crippen molar-refractivity contribution in [2.75, 3.05) is 0 Å². The first-order chi connectivity index (χ1) is 11.1. The zero-order valence-corrected chi connectivity index (χ0v) is 13.0. The van der Waals surface area contributed by atoms with Crippen LogP contribution in [0, 0.1) is 0 Å². The molecule has 0 unspecified atom stereocenters. The van der Waals surface area contributed by atoms with Crippen molar-refractivity contribution in [3.8, 4) is 0 Å². The largest absolute Gasteiger partial charge is 0.263 e. The maximum atomic E-state index is 12.5. The Labute approximate surface area is 134 Å². The number of hydrogen-bond donors (Lipinski definition) is 1. The zero-order chi connectivity index (χ0) is 16.1. The first-order valence-electron chi connectivity index (χ1n) is 6.96. The molecule has 0 bridgehead atoms. The van der Waals surface area contributed by atoms with E-state index in [9.17, 15) is 8.42 Å². The molecular weight excluding hydrogens is 314 g/mol. The molecule has 0 saturated carbocycles. The lowest BCUT2D eigenvalue weighted by atomic mass is 10.1. The van der Waals surface area contributed by atoms with Crippen LogP contribution in [0.1, 0.15) is 11.6 Å². The van der Waals surface area contributed by atoms with E-state index in [-0.39, 0.29) is 11.4 Å². The smallest absolute Gasteiger partial charge is 0.242 e. The molecule has 0 aliphatic heterocycles. The number of aromatic nitrogens is 4. The van der Waals surface area contributed by atoms with Gasteiger partial charge in [0.15, 0.2) is 0 Å². The summed E-state index contributed by atoms with van der Waals surface area (Å²) in [4.78, 5) is 5.43. The van der Waals surface area contributed by atoms with Gasteiger partial charge in [-0.3, -0.25) is 4.98 Å². The lowest BCUT2D eigenvalue weighted by molar-refractivity contribution is 0.444. The molecule has 3 aromatic rings. The summed E-state index contributed by atoms with van der Waals surface area (Å²) in [6.07, 6.45) is 5.95. The van der Waals surface area contributed by atoms with Gasteiger partial charge in [-0.2, -0.15) is 15.0 Å². The third kappa shape index (κ3) is 3.79. The van der Waals surface area contributed by atoms with Gasteiger partial charge >= 0.3 is 0 Å². The second-order valence-electron chi connectivity index (χ2n) is 4.86. The summed E-state index contributed by atoms with van der Waals surface area (Å²) in [7, 11) is -3.69. The number of benzene rings is 1. The van der Waals surface area contributed by atoms with E-state index >= 15 is 0 Å². The molecule has 23 heavy (non-hydrogen) atoms. The van der Waals surface area contributed by atoms with Crippen molar-refractivity contribution >= 4 is 10.0 Å². The van der Waals surface area contributed by atoms with Gasteiger partial charge in [0.2, 0.25) is 10.0 Å². The van der Waals surface area contributed by atoms with Gasteiger partial charge in [-0.15, -0.1) is 0 Å². The summed E-state index contributed by atoms with van der Waals surface area (Å²) < 4.78 is 27.8. The highest BCUT2D eigenvalue weighted by atomic mass is 32.2. The molecule has 1 aromatic carbocycles. The number of nitrogens with zero attached hydrogens (tertiary/aromatic N) is 4. The number of sulfonamides is 1. The summed E-state index contributed by atoms with van der Waals surface area (Å²) in [6, 6.07) is 11.9. The van der Waals surface area contributed by atoms with E-state index in [1.165, 1.54) is 23.3 Å². The molecule has 0 fully saturated rings. The molecule has 2 heterocycles. The normalized spacial score (nSPS) is 12.9. The minimum Gasteiger partial charge on any atom is -0.263 e. The van der Waals surface area contributed by atoms with E-state index in [4.69, 9.17) is 0 Å². The van der Waals surface area contributed by atoms with Crippen molar-refractivity contribution in [2.24, 2.45) is 0 Å². The van der Waals surface area contributed by atoms with E-state index in [0.29, 0.717) is 0 Å². The van der Waals surface area contributed by atoms with Crippen LogP contribution >= 0.6 is 0 Å². The van der Waals surface area contributed by atoms with Gasteiger partial charge in [-0.05, 0) is 17.7 Å². The summed E-state index contributed by atoms with van der Waals surface area (Å²) >= 11 is 0. The monoisotopic (exact) mass is 329 g/mol. The standard InChI is InChI=1S/C15H15N5O2S/c21-23(22,14-7-4-8-16-11-14)19-15(12-20-17-9-10-18-20)13-5-2-1-3-6-13/h1-11,15,19H,12H2/t15-/m1/s1. The van der Waals surface area contributed by atoms with E-state index < -0.39 is 16.1 Å². The minimum atomic E-state index is -3.69. The fraction of sp³-hybridized carbons (Fsp3) is 0.133. The van der Waals surface area contributed by atoms with Crippen LogP contribution in [0.2, 0.25) is 0 Å². The third-order valence-corrected chi connectivity index (χ3v) is 4.71.